The van der Waals surface area contributed by atoms with Crippen LogP contribution in [0.15, 0.2) is 0 Å². The quantitative estimate of drug-likeness (QED) is 0.309. The summed E-state index contributed by atoms with van der Waals surface area (Å²) in [4.78, 5) is 0. The van der Waals surface area contributed by atoms with Gasteiger partial charge in [0.05, 0.1) is 0 Å². The van der Waals surface area contributed by atoms with Crippen molar-refractivity contribution in [3.8, 4) is 0 Å². The maximum atomic E-state index is 0. The van der Waals surface area contributed by atoms with Crippen molar-refractivity contribution in [2.24, 2.45) is 0 Å². The summed E-state index contributed by atoms with van der Waals surface area (Å²) < 4.78 is 0. The normalized spacial score (nSPS) is 0. The van der Waals surface area contributed by atoms with E-state index in [0.29, 0.717) is 0 Å². The molecular formula is Ni3W3+12. The predicted molar refractivity (Wildman–Crippen MR) is 0 cm³/mol. The van der Waals surface area contributed by atoms with Crippen LogP contribution in [-0.2, 0) is 113 Å². The maximum absolute atomic E-state index is 0. The van der Waals surface area contributed by atoms with Gasteiger partial charge in [0, 0.05) is 0 Å². The SMILES string of the molecule is [Ni+2].[Ni+2].[Ni+2].[W+2].[W+2].[W+2]. The minimum absolute atomic E-state index is 0. The first-order valence-electron chi connectivity index (χ1n) is 0. The molecule has 36 valence electrons. The van der Waals surface area contributed by atoms with Gasteiger partial charge in [0.1, 0.15) is 0 Å². The summed E-state index contributed by atoms with van der Waals surface area (Å²) in [6.45, 7) is 0. The summed E-state index contributed by atoms with van der Waals surface area (Å²) >= 11 is 0. The number of rotatable bonds is 0. The van der Waals surface area contributed by atoms with E-state index in [-0.39, 0.29) is 113 Å². The van der Waals surface area contributed by atoms with Gasteiger partial charge in [-0.1, -0.05) is 0 Å². The molecule has 0 nitrogen and oxygen atoms in total. The van der Waals surface area contributed by atoms with Gasteiger partial charge in [-0.15, -0.1) is 0 Å². The molecule has 0 atom stereocenters. The van der Waals surface area contributed by atoms with Gasteiger partial charge in [-0.25, -0.2) is 0 Å². The summed E-state index contributed by atoms with van der Waals surface area (Å²) in [5.74, 6) is 0. The van der Waals surface area contributed by atoms with E-state index in [4.69, 9.17) is 0 Å². The van der Waals surface area contributed by atoms with Crippen molar-refractivity contribution in [2.75, 3.05) is 0 Å². The Morgan fingerprint density at radius 2 is 0.333 bits per heavy atom. The smallest absolute Gasteiger partial charge is 2.00 e. The molecule has 0 rings (SSSR count). The van der Waals surface area contributed by atoms with E-state index < -0.39 is 0 Å². The zero-order valence-electron chi connectivity index (χ0n) is 2.17. The van der Waals surface area contributed by atoms with Crippen molar-refractivity contribution in [3.63, 3.8) is 0 Å². The van der Waals surface area contributed by atoms with Crippen LogP contribution in [0, 0.1) is 0 Å². The largest absolute Gasteiger partial charge is 2.00 e. The van der Waals surface area contributed by atoms with E-state index in [1.54, 1.807) is 0 Å². The molecule has 0 N–H and O–H groups in total. The molecule has 0 aliphatic carbocycles. The van der Waals surface area contributed by atoms with Gasteiger partial charge >= 0.3 is 113 Å². The van der Waals surface area contributed by atoms with Crippen LogP contribution in [0.2, 0.25) is 0 Å². The van der Waals surface area contributed by atoms with Crippen LogP contribution in [0.4, 0.5) is 0 Å². The Kier molecular flexibility index (Phi) is 358. The van der Waals surface area contributed by atoms with Crippen molar-refractivity contribution in [2.45, 2.75) is 0 Å². The fourth-order valence-electron chi connectivity index (χ4n) is 0. The second-order valence-corrected chi connectivity index (χ2v) is 0. The van der Waals surface area contributed by atoms with Gasteiger partial charge < -0.3 is 0 Å². The molecule has 0 radical (unpaired) electrons. The second-order valence-electron chi connectivity index (χ2n) is 0. The average molecular weight is 728 g/mol. The Bertz CT molecular complexity index is 6.00. The van der Waals surface area contributed by atoms with Crippen LogP contribution >= 0.6 is 0 Å². The number of hydrogen-bond donors (Lipinski definition) is 0. The zero-order chi connectivity index (χ0) is 0. The van der Waals surface area contributed by atoms with E-state index in [1.807, 2.05) is 0 Å². The summed E-state index contributed by atoms with van der Waals surface area (Å²) in [5, 5.41) is 0. The molecule has 0 unspecified atom stereocenters. The maximum Gasteiger partial charge on any atom is 2.00 e. The van der Waals surface area contributed by atoms with Crippen molar-refractivity contribution in [1.29, 1.82) is 0 Å². The third-order valence-corrected chi connectivity index (χ3v) is 0. The van der Waals surface area contributed by atoms with Crippen LogP contribution in [0.5, 0.6) is 0 Å². The molecule has 0 aromatic carbocycles. The van der Waals surface area contributed by atoms with Crippen LogP contribution in [0.3, 0.4) is 0 Å². The van der Waals surface area contributed by atoms with Crippen molar-refractivity contribution in [3.05, 3.63) is 0 Å². The fraction of sp³-hybridized carbons (Fsp3) is 0. The van der Waals surface area contributed by atoms with Gasteiger partial charge in [-0.05, 0) is 0 Å². The minimum atomic E-state index is 0. The number of hydrogen-bond acceptors (Lipinski definition) is 0. The molecule has 0 heterocycles. The van der Waals surface area contributed by atoms with E-state index in [2.05, 4.69) is 0 Å². The van der Waals surface area contributed by atoms with Crippen molar-refractivity contribution < 1.29 is 113 Å². The summed E-state index contributed by atoms with van der Waals surface area (Å²) in [7, 11) is 0. The third kappa shape index (κ3) is 25.7. The predicted octanol–water partition coefficient (Wildman–Crippen LogP) is -0.0150. The summed E-state index contributed by atoms with van der Waals surface area (Å²) in [5.41, 5.74) is 0. The Morgan fingerprint density at radius 1 is 0.333 bits per heavy atom. The molecule has 0 saturated carbocycles. The molecule has 0 aliphatic rings. The van der Waals surface area contributed by atoms with Crippen molar-refractivity contribution >= 4 is 0 Å². The van der Waals surface area contributed by atoms with E-state index in [0.717, 1.165) is 0 Å². The van der Waals surface area contributed by atoms with Gasteiger partial charge in [0.15, 0.2) is 0 Å². The molecule has 0 aliphatic heterocycles. The average Bonchev–Trinajstić information content (AvgIpc) is 0. The van der Waals surface area contributed by atoms with Gasteiger partial charge in [-0.2, -0.15) is 0 Å². The molecular weight excluding hydrogens is 728 g/mol. The summed E-state index contributed by atoms with van der Waals surface area (Å²) in [6.07, 6.45) is 0. The Morgan fingerprint density at radius 3 is 0.333 bits per heavy atom. The zero-order valence-corrected chi connectivity index (χ0v) is 13.9. The first-order valence-corrected chi connectivity index (χ1v) is 0. The second kappa shape index (κ2) is 38.7. The van der Waals surface area contributed by atoms with Crippen LogP contribution in [-0.4, -0.2) is 0 Å². The van der Waals surface area contributed by atoms with E-state index >= 15 is 0 Å². The molecule has 0 saturated heterocycles. The molecule has 0 spiro atoms. The molecule has 0 amide bonds. The standard InChI is InChI=1S/3Ni.3W/q6*+2. The molecule has 0 fully saturated rings. The Balaban J connectivity index is 0. The minimum Gasteiger partial charge on any atom is 2.00 e. The third-order valence-electron chi connectivity index (χ3n) is 0. The molecule has 0 bridgehead atoms. The molecule has 6 heavy (non-hydrogen) atoms. The first-order chi connectivity index (χ1) is 0. The van der Waals surface area contributed by atoms with Gasteiger partial charge in [0.2, 0.25) is 0 Å². The topological polar surface area (TPSA) is 0 Å². The summed E-state index contributed by atoms with van der Waals surface area (Å²) in [6, 6.07) is 0. The van der Waals surface area contributed by atoms with E-state index in [1.165, 1.54) is 0 Å². The van der Waals surface area contributed by atoms with Crippen LogP contribution in [0.1, 0.15) is 0 Å². The Labute approximate surface area is 111 Å². The van der Waals surface area contributed by atoms with Gasteiger partial charge in [-0.3, -0.25) is 0 Å². The first kappa shape index (κ1) is 55.5. The fourth-order valence-corrected chi connectivity index (χ4v) is 0. The molecule has 0 aromatic heterocycles. The van der Waals surface area contributed by atoms with Gasteiger partial charge in [0.25, 0.3) is 0 Å². The van der Waals surface area contributed by atoms with E-state index in [9.17, 15) is 0 Å². The Hall–Kier alpha value is 3.55. The molecule has 6 heteroatoms. The molecule has 0 aromatic rings. The van der Waals surface area contributed by atoms with Crippen LogP contribution < -0.4 is 0 Å². The monoisotopic (exact) mass is 726 g/mol. The van der Waals surface area contributed by atoms with Crippen molar-refractivity contribution in [1.82, 2.24) is 0 Å². The van der Waals surface area contributed by atoms with Crippen LogP contribution in [0.25, 0.3) is 0 Å².